The molecule has 0 fully saturated rings. The predicted octanol–water partition coefficient (Wildman–Crippen LogP) is 4.00. The summed E-state index contributed by atoms with van der Waals surface area (Å²) < 4.78 is 10.8. The van der Waals surface area contributed by atoms with Crippen molar-refractivity contribution >= 4 is 11.9 Å². The van der Waals surface area contributed by atoms with E-state index in [0.29, 0.717) is 0 Å². The van der Waals surface area contributed by atoms with Gasteiger partial charge in [0.1, 0.15) is 0 Å². The van der Waals surface area contributed by atoms with E-state index in [2.05, 4.69) is 6.58 Å². The molecule has 0 saturated heterocycles. The van der Waals surface area contributed by atoms with Gasteiger partial charge in [-0.1, -0.05) is 35.9 Å². The number of ether oxygens (including phenoxy) is 2. The number of aryl methyl sites for hydroxylation is 1. The number of benzene rings is 1. The Morgan fingerprint density at radius 3 is 1.88 bits per heavy atom. The number of carbonyl (C=O) groups excluding carboxylic acids is 2. The van der Waals surface area contributed by atoms with Crippen molar-refractivity contribution in [2.24, 2.45) is 5.41 Å². The van der Waals surface area contributed by atoms with E-state index in [4.69, 9.17) is 9.47 Å². The van der Waals surface area contributed by atoms with Crippen molar-refractivity contribution in [3.63, 3.8) is 0 Å². The standard InChI is InChI=1S/C20H28O4/c1-7-12-20(18(21)23-14(2)3,19(22)24-15(4)5)13-17-10-8-16(6)9-11-17/h7-11,14-15H,1,12-13H2,2-6H3. The van der Waals surface area contributed by atoms with Crippen molar-refractivity contribution in [3.05, 3.63) is 48.0 Å². The molecular weight excluding hydrogens is 304 g/mol. The molecular formula is C20H28O4. The second-order valence-corrected chi connectivity index (χ2v) is 6.65. The lowest BCUT2D eigenvalue weighted by molar-refractivity contribution is -0.176. The van der Waals surface area contributed by atoms with E-state index in [-0.39, 0.29) is 25.0 Å². The van der Waals surface area contributed by atoms with Crippen LogP contribution in [0.4, 0.5) is 0 Å². The summed E-state index contributed by atoms with van der Waals surface area (Å²) in [6, 6.07) is 7.74. The minimum Gasteiger partial charge on any atom is -0.462 e. The number of rotatable bonds is 8. The van der Waals surface area contributed by atoms with Crippen LogP contribution >= 0.6 is 0 Å². The molecule has 4 heteroatoms. The van der Waals surface area contributed by atoms with Crippen LogP contribution in [0.1, 0.15) is 45.2 Å². The molecule has 0 saturated carbocycles. The maximum Gasteiger partial charge on any atom is 0.324 e. The first-order chi connectivity index (χ1) is 11.2. The average molecular weight is 332 g/mol. The number of esters is 2. The van der Waals surface area contributed by atoms with Crippen molar-refractivity contribution in [1.82, 2.24) is 0 Å². The van der Waals surface area contributed by atoms with E-state index in [1.54, 1.807) is 33.8 Å². The van der Waals surface area contributed by atoms with Crippen LogP contribution in [-0.2, 0) is 25.5 Å². The molecule has 0 aliphatic heterocycles. The summed E-state index contributed by atoms with van der Waals surface area (Å²) in [6.07, 6.45) is 1.32. The fraction of sp³-hybridized carbons (Fsp3) is 0.500. The molecule has 0 amide bonds. The topological polar surface area (TPSA) is 52.6 Å². The quantitative estimate of drug-likeness (QED) is 0.410. The van der Waals surface area contributed by atoms with E-state index in [1.165, 1.54) is 0 Å². The summed E-state index contributed by atoms with van der Waals surface area (Å²) in [7, 11) is 0. The minimum atomic E-state index is -1.41. The zero-order valence-electron chi connectivity index (χ0n) is 15.3. The summed E-state index contributed by atoms with van der Waals surface area (Å²) in [5, 5.41) is 0. The number of allylic oxidation sites excluding steroid dienone is 1. The van der Waals surface area contributed by atoms with Gasteiger partial charge in [-0.3, -0.25) is 9.59 Å². The van der Waals surface area contributed by atoms with Crippen molar-refractivity contribution in [2.75, 3.05) is 0 Å². The van der Waals surface area contributed by atoms with Gasteiger partial charge < -0.3 is 9.47 Å². The zero-order valence-corrected chi connectivity index (χ0v) is 15.3. The molecule has 0 aliphatic carbocycles. The maximum atomic E-state index is 12.8. The fourth-order valence-corrected chi connectivity index (χ4v) is 2.42. The minimum absolute atomic E-state index is 0.165. The number of hydrogen-bond acceptors (Lipinski definition) is 4. The Balaban J connectivity index is 3.27. The Morgan fingerprint density at radius 1 is 1.04 bits per heavy atom. The van der Waals surface area contributed by atoms with Crippen LogP contribution in [0.5, 0.6) is 0 Å². The van der Waals surface area contributed by atoms with Crippen molar-refractivity contribution in [3.8, 4) is 0 Å². The average Bonchev–Trinajstić information content (AvgIpc) is 2.47. The highest BCUT2D eigenvalue weighted by Crippen LogP contribution is 2.32. The molecule has 132 valence electrons. The molecule has 0 atom stereocenters. The number of carbonyl (C=O) groups is 2. The van der Waals surface area contributed by atoms with E-state index < -0.39 is 17.4 Å². The second-order valence-electron chi connectivity index (χ2n) is 6.65. The van der Waals surface area contributed by atoms with E-state index in [0.717, 1.165) is 11.1 Å². The normalized spacial score (nSPS) is 11.5. The van der Waals surface area contributed by atoms with Crippen molar-refractivity contribution in [1.29, 1.82) is 0 Å². The monoisotopic (exact) mass is 332 g/mol. The van der Waals surface area contributed by atoms with E-state index in [1.807, 2.05) is 31.2 Å². The van der Waals surface area contributed by atoms with Crippen LogP contribution in [0.15, 0.2) is 36.9 Å². The van der Waals surface area contributed by atoms with Gasteiger partial charge in [-0.05, 0) is 53.0 Å². The van der Waals surface area contributed by atoms with Crippen LogP contribution < -0.4 is 0 Å². The molecule has 0 aliphatic rings. The summed E-state index contributed by atoms with van der Waals surface area (Å²) in [5.41, 5.74) is 0.581. The molecule has 4 nitrogen and oxygen atoms in total. The molecule has 0 bridgehead atoms. The highest BCUT2D eigenvalue weighted by atomic mass is 16.6. The van der Waals surface area contributed by atoms with Gasteiger partial charge >= 0.3 is 11.9 Å². The van der Waals surface area contributed by atoms with E-state index in [9.17, 15) is 9.59 Å². The van der Waals surface area contributed by atoms with Gasteiger partial charge in [0.15, 0.2) is 5.41 Å². The lowest BCUT2D eigenvalue weighted by Crippen LogP contribution is -2.45. The highest BCUT2D eigenvalue weighted by molar-refractivity contribution is 6.00. The van der Waals surface area contributed by atoms with E-state index >= 15 is 0 Å². The largest absolute Gasteiger partial charge is 0.462 e. The zero-order chi connectivity index (χ0) is 18.3. The van der Waals surface area contributed by atoms with Crippen LogP contribution in [0, 0.1) is 12.3 Å². The Morgan fingerprint density at radius 2 is 1.50 bits per heavy atom. The molecule has 0 unspecified atom stereocenters. The van der Waals surface area contributed by atoms with Crippen LogP contribution in [-0.4, -0.2) is 24.1 Å². The molecule has 1 rings (SSSR count). The van der Waals surface area contributed by atoms with Gasteiger partial charge in [0.2, 0.25) is 0 Å². The molecule has 0 aromatic heterocycles. The Labute approximate surface area is 144 Å². The molecule has 1 aromatic carbocycles. The predicted molar refractivity (Wildman–Crippen MR) is 94.6 cm³/mol. The molecule has 0 N–H and O–H groups in total. The Kier molecular flexibility index (Phi) is 7.20. The molecule has 0 heterocycles. The van der Waals surface area contributed by atoms with Gasteiger partial charge in [0.25, 0.3) is 0 Å². The van der Waals surface area contributed by atoms with Gasteiger partial charge in [-0.25, -0.2) is 0 Å². The molecule has 0 spiro atoms. The second kappa shape index (κ2) is 8.67. The van der Waals surface area contributed by atoms with Gasteiger partial charge in [-0.15, -0.1) is 6.58 Å². The highest BCUT2D eigenvalue weighted by Gasteiger charge is 2.48. The SMILES string of the molecule is C=CCC(Cc1ccc(C)cc1)(C(=O)OC(C)C)C(=O)OC(C)C. The Bertz CT molecular complexity index is 548. The lowest BCUT2D eigenvalue weighted by Gasteiger charge is -2.30. The Hall–Kier alpha value is -2.10. The third-order valence-corrected chi connectivity index (χ3v) is 3.59. The third-order valence-electron chi connectivity index (χ3n) is 3.59. The van der Waals surface area contributed by atoms with Crippen LogP contribution in [0.25, 0.3) is 0 Å². The summed E-state index contributed by atoms with van der Waals surface area (Å²) in [6.45, 7) is 12.7. The summed E-state index contributed by atoms with van der Waals surface area (Å²) >= 11 is 0. The first kappa shape index (κ1) is 19.9. The van der Waals surface area contributed by atoms with Gasteiger partial charge in [0.05, 0.1) is 12.2 Å². The van der Waals surface area contributed by atoms with Crippen molar-refractivity contribution in [2.45, 2.75) is 59.7 Å². The maximum absolute atomic E-state index is 12.8. The van der Waals surface area contributed by atoms with Crippen LogP contribution in [0.3, 0.4) is 0 Å². The molecule has 0 radical (unpaired) electrons. The smallest absolute Gasteiger partial charge is 0.324 e. The molecule has 1 aromatic rings. The molecule has 24 heavy (non-hydrogen) atoms. The van der Waals surface area contributed by atoms with Crippen LogP contribution in [0.2, 0.25) is 0 Å². The first-order valence-electron chi connectivity index (χ1n) is 8.30. The first-order valence-corrected chi connectivity index (χ1v) is 8.30. The van der Waals surface area contributed by atoms with Gasteiger partial charge in [-0.2, -0.15) is 0 Å². The summed E-state index contributed by atoms with van der Waals surface area (Å²) in [5.74, 6) is -1.13. The summed E-state index contributed by atoms with van der Waals surface area (Å²) in [4.78, 5) is 25.6. The van der Waals surface area contributed by atoms with Gasteiger partial charge in [0, 0.05) is 0 Å². The lowest BCUT2D eigenvalue weighted by atomic mass is 9.78. The third kappa shape index (κ3) is 5.22. The fourth-order valence-electron chi connectivity index (χ4n) is 2.42. The van der Waals surface area contributed by atoms with Crippen molar-refractivity contribution < 1.29 is 19.1 Å². The number of hydrogen-bond donors (Lipinski definition) is 0.